The summed E-state index contributed by atoms with van der Waals surface area (Å²) in [6, 6.07) is 8.60. The average molecular weight is 310 g/mol. The standard InChI is InChI=1S/C14H15FN2O3S/c1-20-14-8-13(11(15)7-12(14)16)17-9-3-5-10(6-4-9)21(2,18)19/h3-8,17H,16H2,1-2H3. The Kier molecular flexibility index (Phi) is 4.04. The largest absolute Gasteiger partial charge is 0.495 e. The van der Waals surface area contributed by atoms with Gasteiger partial charge in [0.2, 0.25) is 0 Å². The maximum atomic E-state index is 13.8. The highest BCUT2D eigenvalue weighted by Gasteiger charge is 2.10. The van der Waals surface area contributed by atoms with Crippen molar-refractivity contribution in [1.29, 1.82) is 0 Å². The average Bonchev–Trinajstić information content (AvgIpc) is 2.41. The van der Waals surface area contributed by atoms with Gasteiger partial charge in [-0.2, -0.15) is 0 Å². The molecule has 3 N–H and O–H groups in total. The molecule has 0 aliphatic heterocycles. The summed E-state index contributed by atoms with van der Waals surface area (Å²) in [5, 5.41) is 2.85. The molecule has 0 saturated heterocycles. The maximum absolute atomic E-state index is 13.8. The van der Waals surface area contributed by atoms with Crippen LogP contribution in [0, 0.1) is 5.82 Å². The Labute approximate surface area is 122 Å². The summed E-state index contributed by atoms with van der Waals surface area (Å²) in [7, 11) is -1.82. The van der Waals surface area contributed by atoms with Gasteiger partial charge in [0.15, 0.2) is 9.84 Å². The third-order valence-electron chi connectivity index (χ3n) is 2.88. The molecule has 0 saturated carbocycles. The van der Waals surface area contributed by atoms with Gasteiger partial charge in [-0.25, -0.2) is 12.8 Å². The second kappa shape index (κ2) is 5.61. The van der Waals surface area contributed by atoms with E-state index in [0.29, 0.717) is 11.4 Å². The molecular formula is C14H15FN2O3S. The molecule has 7 heteroatoms. The SMILES string of the molecule is COc1cc(Nc2ccc(S(C)(=O)=O)cc2)c(F)cc1N. The van der Waals surface area contributed by atoms with Crippen LogP contribution in [-0.4, -0.2) is 21.8 Å². The van der Waals surface area contributed by atoms with Crippen molar-refractivity contribution in [2.75, 3.05) is 24.4 Å². The van der Waals surface area contributed by atoms with Crippen LogP contribution >= 0.6 is 0 Å². The fourth-order valence-corrected chi connectivity index (χ4v) is 2.41. The Morgan fingerprint density at radius 2 is 1.81 bits per heavy atom. The second-order valence-electron chi connectivity index (χ2n) is 4.50. The molecule has 2 aromatic rings. The lowest BCUT2D eigenvalue weighted by Crippen LogP contribution is -2.00. The first-order valence-corrected chi connectivity index (χ1v) is 7.90. The van der Waals surface area contributed by atoms with E-state index in [1.807, 2.05) is 0 Å². The molecule has 21 heavy (non-hydrogen) atoms. The van der Waals surface area contributed by atoms with Crippen LogP contribution in [0.3, 0.4) is 0 Å². The number of halogens is 1. The summed E-state index contributed by atoms with van der Waals surface area (Å²) in [6.07, 6.45) is 1.12. The lowest BCUT2D eigenvalue weighted by molar-refractivity contribution is 0.416. The molecule has 2 rings (SSSR count). The topological polar surface area (TPSA) is 81.4 Å². The van der Waals surface area contributed by atoms with E-state index in [-0.39, 0.29) is 16.3 Å². The molecule has 0 unspecified atom stereocenters. The van der Waals surface area contributed by atoms with Crippen LogP contribution in [0.15, 0.2) is 41.3 Å². The predicted molar refractivity (Wildman–Crippen MR) is 80.2 cm³/mol. The van der Waals surface area contributed by atoms with Crippen LogP contribution in [0.25, 0.3) is 0 Å². The molecule has 0 radical (unpaired) electrons. The van der Waals surface area contributed by atoms with E-state index in [4.69, 9.17) is 10.5 Å². The first kappa shape index (κ1) is 15.1. The van der Waals surface area contributed by atoms with Crippen LogP contribution in [0.1, 0.15) is 0 Å². The predicted octanol–water partition coefficient (Wildman–Crippen LogP) is 2.56. The number of rotatable bonds is 4. The van der Waals surface area contributed by atoms with E-state index in [1.54, 1.807) is 12.1 Å². The molecule has 0 aliphatic carbocycles. The second-order valence-corrected chi connectivity index (χ2v) is 6.51. The van der Waals surface area contributed by atoms with Gasteiger partial charge in [-0.1, -0.05) is 0 Å². The minimum Gasteiger partial charge on any atom is -0.495 e. The zero-order valence-corrected chi connectivity index (χ0v) is 12.4. The minimum absolute atomic E-state index is 0.188. The minimum atomic E-state index is -3.26. The van der Waals surface area contributed by atoms with Gasteiger partial charge < -0.3 is 15.8 Å². The Hall–Kier alpha value is -2.28. The highest BCUT2D eigenvalue weighted by Crippen LogP contribution is 2.30. The first-order chi connectivity index (χ1) is 9.81. The molecule has 0 aliphatic rings. The third kappa shape index (κ3) is 3.43. The molecule has 0 aromatic heterocycles. The van der Waals surface area contributed by atoms with E-state index in [9.17, 15) is 12.8 Å². The summed E-state index contributed by atoms with van der Waals surface area (Å²) in [5.41, 5.74) is 6.54. The van der Waals surface area contributed by atoms with Crippen molar-refractivity contribution in [1.82, 2.24) is 0 Å². The number of hydrogen-bond donors (Lipinski definition) is 2. The van der Waals surface area contributed by atoms with E-state index < -0.39 is 15.7 Å². The number of nitrogens with one attached hydrogen (secondary N) is 1. The van der Waals surface area contributed by atoms with Crippen molar-refractivity contribution in [3.05, 3.63) is 42.2 Å². The molecule has 0 atom stereocenters. The van der Waals surface area contributed by atoms with E-state index in [0.717, 1.165) is 12.3 Å². The zero-order chi connectivity index (χ0) is 15.6. The quantitative estimate of drug-likeness (QED) is 0.848. The molecule has 0 spiro atoms. The van der Waals surface area contributed by atoms with Gasteiger partial charge in [0.25, 0.3) is 0 Å². The Morgan fingerprint density at radius 3 is 2.33 bits per heavy atom. The summed E-state index contributed by atoms with van der Waals surface area (Å²) in [4.78, 5) is 0.198. The molecule has 5 nitrogen and oxygen atoms in total. The number of nitrogen functional groups attached to an aromatic ring is 1. The normalized spacial score (nSPS) is 11.2. The highest BCUT2D eigenvalue weighted by molar-refractivity contribution is 7.90. The number of sulfone groups is 1. The summed E-state index contributed by atoms with van der Waals surface area (Å²) >= 11 is 0. The van der Waals surface area contributed by atoms with Crippen molar-refractivity contribution in [3.8, 4) is 5.75 Å². The number of benzene rings is 2. The monoisotopic (exact) mass is 310 g/mol. The Morgan fingerprint density at radius 1 is 1.19 bits per heavy atom. The number of methoxy groups -OCH3 is 1. The van der Waals surface area contributed by atoms with Crippen molar-refractivity contribution in [2.24, 2.45) is 0 Å². The Bertz CT molecular complexity index is 759. The zero-order valence-electron chi connectivity index (χ0n) is 11.6. The summed E-state index contributed by atoms with van der Waals surface area (Å²) in [5.74, 6) is -0.174. The maximum Gasteiger partial charge on any atom is 0.175 e. The molecular weight excluding hydrogens is 295 g/mol. The fraction of sp³-hybridized carbons (Fsp3) is 0.143. The summed E-state index contributed by atoms with van der Waals surface area (Å²) in [6.45, 7) is 0. The van der Waals surface area contributed by atoms with Gasteiger partial charge >= 0.3 is 0 Å². The van der Waals surface area contributed by atoms with Gasteiger partial charge in [0.05, 0.1) is 23.4 Å². The number of hydrogen-bond acceptors (Lipinski definition) is 5. The fourth-order valence-electron chi connectivity index (χ4n) is 1.78. The highest BCUT2D eigenvalue weighted by atomic mass is 32.2. The molecule has 2 aromatic carbocycles. The van der Waals surface area contributed by atoms with E-state index in [2.05, 4.69) is 5.32 Å². The Balaban J connectivity index is 2.30. The van der Waals surface area contributed by atoms with Crippen molar-refractivity contribution in [3.63, 3.8) is 0 Å². The molecule has 0 amide bonds. The molecule has 0 fully saturated rings. The van der Waals surface area contributed by atoms with Crippen LogP contribution < -0.4 is 15.8 Å². The number of anilines is 3. The van der Waals surface area contributed by atoms with Gasteiger partial charge in [-0.05, 0) is 24.3 Å². The lowest BCUT2D eigenvalue weighted by atomic mass is 10.2. The first-order valence-electron chi connectivity index (χ1n) is 6.01. The third-order valence-corrected chi connectivity index (χ3v) is 4.01. The van der Waals surface area contributed by atoms with Crippen molar-refractivity contribution >= 4 is 26.9 Å². The number of nitrogens with two attached hydrogens (primary N) is 1. The van der Waals surface area contributed by atoms with Gasteiger partial charge in [0.1, 0.15) is 11.6 Å². The van der Waals surface area contributed by atoms with Crippen LogP contribution in [-0.2, 0) is 9.84 Å². The molecule has 0 bridgehead atoms. The summed E-state index contributed by atoms with van der Waals surface area (Å²) < 4.78 is 41.6. The van der Waals surface area contributed by atoms with E-state index in [1.165, 1.54) is 25.3 Å². The van der Waals surface area contributed by atoms with Crippen LogP contribution in [0.4, 0.5) is 21.5 Å². The van der Waals surface area contributed by atoms with Crippen LogP contribution in [0.5, 0.6) is 5.75 Å². The van der Waals surface area contributed by atoms with Crippen LogP contribution in [0.2, 0.25) is 0 Å². The smallest absolute Gasteiger partial charge is 0.175 e. The lowest BCUT2D eigenvalue weighted by Gasteiger charge is -2.11. The molecule has 0 heterocycles. The van der Waals surface area contributed by atoms with E-state index >= 15 is 0 Å². The van der Waals surface area contributed by atoms with Gasteiger partial charge in [-0.15, -0.1) is 0 Å². The number of ether oxygens (including phenoxy) is 1. The van der Waals surface area contributed by atoms with Crippen molar-refractivity contribution < 1.29 is 17.5 Å². The van der Waals surface area contributed by atoms with Crippen molar-refractivity contribution in [2.45, 2.75) is 4.90 Å². The molecule has 112 valence electrons. The van der Waals surface area contributed by atoms with Gasteiger partial charge in [-0.3, -0.25) is 0 Å². The van der Waals surface area contributed by atoms with Gasteiger partial charge in [0, 0.05) is 24.1 Å².